The average Bonchev–Trinajstić information content (AvgIpc) is 3.04. The molecule has 0 aliphatic heterocycles. The second-order valence-corrected chi connectivity index (χ2v) is 11.3. The van der Waals surface area contributed by atoms with Gasteiger partial charge in [0.05, 0.1) is 6.54 Å². The van der Waals surface area contributed by atoms with Crippen LogP contribution < -0.4 is 4.72 Å². The average molecular weight is 482 g/mol. The number of hydrogen-bond donors (Lipinski definition) is 1. The zero-order chi connectivity index (χ0) is 24.0. The number of benzene rings is 1. The summed E-state index contributed by atoms with van der Waals surface area (Å²) in [5, 5.41) is 0.697. The van der Waals surface area contributed by atoms with Crippen molar-refractivity contribution in [1.29, 1.82) is 0 Å². The summed E-state index contributed by atoms with van der Waals surface area (Å²) in [6, 6.07) is 8.15. The lowest BCUT2D eigenvalue weighted by Crippen LogP contribution is -2.43. The van der Waals surface area contributed by atoms with Crippen LogP contribution in [0, 0.1) is 5.41 Å². The van der Waals surface area contributed by atoms with Crippen LogP contribution in [0.3, 0.4) is 0 Å². The molecule has 1 saturated carbocycles. The first-order valence-corrected chi connectivity index (χ1v) is 12.1. The van der Waals surface area contributed by atoms with Crippen molar-refractivity contribution in [3.63, 3.8) is 0 Å². The Bertz CT molecular complexity index is 1130. The van der Waals surface area contributed by atoms with E-state index in [-0.39, 0.29) is 16.2 Å². The molecule has 33 heavy (non-hydrogen) atoms. The van der Waals surface area contributed by atoms with Crippen LogP contribution in [0.15, 0.2) is 42.7 Å². The van der Waals surface area contributed by atoms with Gasteiger partial charge in [-0.2, -0.15) is 13.2 Å². The summed E-state index contributed by atoms with van der Waals surface area (Å²) in [4.78, 5) is 3.58. The molecule has 4 nitrogen and oxygen atoms in total. The van der Waals surface area contributed by atoms with E-state index in [0.717, 1.165) is 22.7 Å². The standard InChI is InChI=1S/C24H27F4N3OS/c1-23(2,3)14-31-13-16(12-30-33(32)18-10-17(25)11-18)19-7-6-15(9-21(19)31)20-5-4-8-29-22(20)24(26,27)28/h4-9,13,17-18,30H,10-12,14H2,1-3H3. The van der Waals surface area contributed by atoms with Gasteiger partial charge in [-0.05, 0) is 28.7 Å². The molecule has 1 atom stereocenters. The SMILES string of the molecule is CC(C)(C)Cn1cc(CN[S+]([O-])C2CC(F)C2)c2ccc(-c3cccnc3C(F)(F)F)cc21. The number of aromatic nitrogens is 2. The fraction of sp³-hybridized carbons (Fsp3) is 0.458. The predicted molar refractivity (Wildman–Crippen MR) is 123 cm³/mol. The van der Waals surface area contributed by atoms with Crippen molar-refractivity contribution in [1.82, 2.24) is 14.3 Å². The molecule has 4 rings (SSSR count). The quantitative estimate of drug-likeness (QED) is 0.346. The summed E-state index contributed by atoms with van der Waals surface area (Å²) in [5.74, 6) is 0. The van der Waals surface area contributed by atoms with E-state index in [1.54, 1.807) is 18.2 Å². The maximum Gasteiger partial charge on any atom is 0.433 e. The summed E-state index contributed by atoms with van der Waals surface area (Å²) < 4.78 is 71.1. The molecule has 2 aromatic heterocycles. The number of nitrogens with zero attached hydrogens (tertiary/aromatic N) is 2. The van der Waals surface area contributed by atoms with Gasteiger partial charge in [-0.3, -0.25) is 4.98 Å². The van der Waals surface area contributed by atoms with Crippen LogP contribution in [0.25, 0.3) is 22.0 Å². The Morgan fingerprint density at radius 2 is 1.91 bits per heavy atom. The highest BCUT2D eigenvalue weighted by Gasteiger charge is 2.38. The minimum Gasteiger partial charge on any atom is -0.598 e. The summed E-state index contributed by atoms with van der Waals surface area (Å²) in [6.45, 7) is 7.24. The zero-order valence-electron chi connectivity index (χ0n) is 18.7. The first kappa shape index (κ1) is 24.0. The van der Waals surface area contributed by atoms with Gasteiger partial charge >= 0.3 is 6.18 Å². The molecule has 1 aromatic carbocycles. The van der Waals surface area contributed by atoms with Crippen LogP contribution in [-0.4, -0.2) is 25.5 Å². The minimum atomic E-state index is -4.56. The van der Waals surface area contributed by atoms with E-state index in [4.69, 9.17) is 0 Å². The second-order valence-electron chi connectivity index (χ2n) is 9.78. The van der Waals surface area contributed by atoms with E-state index in [9.17, 15) is 22.1 Å². The molecule has 1 aliphatic carbocycles. The van der Waals surface area contributed by atoms with Gasteiger partial charge < -0.3 is 9.12 Å². The molecule has 3 aromatic rings. The fourth-order valence-electron chi connectivity index (χ4n) is 4.13. The Labute approximate surface area is 193 Å². The number of halogens is 4. The van der Waals surface area contributed by atoms with Crippen LogP contribution in [0.5, 0.6) is 0 Å². The van der Waals surface area contributed by atoms with Crippen molar-refractivity contribution in [2.45, 2.75) is 64.3 Å². The van der Waals surface area contributed by atoms with Crippen LogP contribution >= 0.6 is 0 Å². The topological polar surface area (TPSA) is 52.9 Å². The molecule has 178 valence electrons. The highest BCUT2D eigenvalue weighted by molar-refractivity contribution is 7.90. The van der Waals surface area contributed by atoms with Crippen LogP contribution in [0.1, 0.15) is 44.9 Å². The summed E-state index contributed by atoms with van der Waals surface area (Å²) in [6.07, 6.45) is -1.72. The van der Waals surface area contributed by atoms with Crippen molar-refractivity contribution in [2.75, 3.05) is 0 Å². The fourth-order valence-corrected chi connectivity index (χ4v) is 5.43. The summed E-state index contributed by atoms with van der Waals surface area (Å²) >= 11 is -1.33. The van der Waals surface area contributed by atoms with Gasteiger partial charge in [0.15, 0.2) is 5.69 Å². The third-order valence-electron chi connectivity index (χ3n) is 5.74. The number of alkyl halides is 4. The minimum absolute atomic E-state index is 0.0296. The Hall–Kier alpha value is -2.10. The van der Waals surface area contributed by atoms with Gasteiger partial charge in [0, 0.05) is 59.6 Å². The normalized spacial score (nSPS) is 20.1. The summed E-state index contributed by atoms with van der Waals surface area (Å²) in [5.41, 5.74) is 1.18. The molecule has 1 aliphatic rings. The van der Waals surface area contributed by atoms with E-state index < -0.39 is 29.4 Å². The molecule has 0 radical (unpaired) electrons. The first-order valence-electron chi connectivity index (χ1n) is 10.8. The maximum atomic E-state index is 13.5. The Balaban J connectivity index is 1.70. The molecule has 1 N–H and O–H groups in total. The van der Waals surface area contributed by atoms with Gasteiger partial charge in [-0.25, -0.2) is 4.39 Å². The van der Waals surface area contributed by atoms with Crippen molar-refractivity contribution in [3.05, 3.63) is 54.0 Å². The zero-order valence-corrected chi connectivity index (χ0v) is 19.6. The lowest BCUT2D eigenvalue weighted by atomic mass is 9.96. The molecule has 1 unspecified atom stereocenters. The molecule has 0 bridgehead atoms. The highest BCUT2D eigenvalue weighted by atomic mass is 32.2. The number of hydrogen-bond acceptors (Lipinski definition) is 3. The third kappa shape index (κ3) is 5.36. The van der Waals surface area contributed by atoms with Crippen molar-refractivity contribution < 1.29 is 22.1 Å². The molecule has 0 saturated heterocycles. The van der Waals surface area contributed by atoms with E-state index in [2.05, 4.69) is 30.5 Å². The molecule has 0 spiro atoms. The maximum absolute atomic E-state index is 13.5. The van der Waals surface area contributed by atoms with Gasteiger partial charge in [-0.15, -0.1) is 4.72 Å². The Morgan fingerprint density at radius 3 is 2.55 bits per heavy atom. The van der Waals surface area contributed by atoms with E-state index >= 15 is 0 Å². The lowest BCUT2D eigenvalue weighted by molar-refractivity contribution is -0.140. The van der Waals surface area contributed by atoms with Crippen molar-refractivity contribution in [3.8, 4) is 11.1 Å². The largest absolute Gasteiger partial charge is 0.598 e. The second kappa shape index (κ2) is 8.92. The summed E-state index contributed by atoms with van der Waals surface area (Å²) in [7, 11) is 0. The molecule has 1 fully saturated rings. The predicted octanol–water partition coefficient (Wildman–Crippen LogP) is 6.02. The lowest BCUT2D eigenvalue weighted by Gasteiger charge is -2.30. The van der Waals surface area contributed by atoms with E-state index in [1.165, 1.54) is 12.1 Å². The molecule has 2 heterocycles. The number of pyridine rings is 1. The number of nitrogens with one attached hydrogen (secondary N) is 1. The number of fused-ring (bicyclic) bond motifs is 1. The van der Waals surface area contributed by atoms with Gasteiger partial charge in [0.25, 0.3) is 0 Å². The molecule has 0 amide bonds. The number of rotatable bonds is 6. The molecular weight excluding hydrogens is 454 g/mol. The van der Waals surface area contributed by atoms with Crippen molar-refractivity contribution in [2.24, 2.45) is 5.41 Å². The smallest absolute Gasteiger partial charge is 0.433 e. The van der Waals surface area contributed by atoms with Gasteiger partial charge in [-0.1, -0.05) is 39.0 Å². The van der Waals surface area contributed by atoms with Crippen molar-refractivity contribution >= 4 is 22.3 Å². The first-order chi connectivity index (χ1) is 15.4. The van der Waals surface area contributed by atoms with E-state index in [1.807, 2.05) is 10.8 Å². The molecule has 9 heteroatoms. The van der Waals surface area contributed by atoms with Crippen LogP contribution in [-0.2, 0) is 30.6 Å². The third-order valence-corrected chi connectivity index (χ3v) is 7.16. The van der Waals surface area contributed by atoms with E-state index in [0.29, 0.717) is 31.5 Å². The van der Waals surface area contributed by atoms with Gasteiger partial charge in [0.2, 0.25) is 0 Å². The molecular formula is C24H27F4N3OS. The van der Waals surface area contributed by atoms with Gasteiger partial charge in [0.1, 0.15) is 11.4 Å². The van der Waals surface area contributed by atoms with Crippen LogP contribution in [0.4, 0.5) is 17.6 Å². The monoisotopic (exact) mass is 481 g/mol. The highest BCUT2D eigenvalue weighted by Crippen LogP contribution is 2.37. The Morgan fingerprint density at radius 1 is 1.18 bits per heavy atom. The van der Waals surface area contributed by atoms with Crippen LogP contribution in [0.2, 0.25) is 0 Å². The Kier molecular flexibility index (Phi) is 6.50.